The van der Waals surface area contributed by atoms with Gasteiger partial charge in [0.15, 0.2) is 5.76 Å². The SMILES string of the molecule is CN(Cc1cc(-c2ccccc2)no1)C(=O)c1cc(-c2ccsc2)n[nH]1. The number of thiophene rings is 1. The van der Waals surface area contributed by atoms with Gasteiger partial charge in [-0.2, -0.15) is 16.4 Å². The van der Waals surface area contributed by atoms with Gasteiger partial charge >= 0.3 is 0 Å². The maximum atomic E-state index is 12.6. The molecule has 1 N–H and O–H groups in total. The number of hydrogen-bond donors (Lipinski definition) is 1. The minimum atomic E-state index is -0.156. The molecule has 7 heteroatoms. The van der Waals surface area contributed by atoms with Gasteiger partial charge in [-0.15, -0.1) is 0 Å². The van der Waals surface area contributed by atoms with Crippen molar-refractivity contribution in [1.82, 2.24) is 20.3 Å². The molecule has 6 nitrogen and oxygen atoms in total. The van der Waals surface area contributed by atoms with Crippen LogP contribution in [0.4, 0.5) is 0 Å². The van der Waals surface area contributed by atoms with Crippen LogP contribution in [-0.4, -0.2) is 33.2 Å². The van der Waals surface area contributed by atoms with E-state index in [9.17, 15) is 4.79 Å². The lowest BCUT2D eigenvalue weighted by atomic mass is 10.1. The van der Waals surface area contributed by atoms with Crippen molar-refractivity contribution in [2.45, 2.75) is 6.54 Å². The molecule has 0 bridgehead atoms. The Balaban J connectivity index is 1.46. The second-order valence-electron chi connectivity index (χ2n) is 5.88. The quantitative estimate of drug-likeness (QED) is 0.579. The van der Waals surface area contributed by atoms with Crippen molar-refractivity contribution < 1.29 is 9.32 Å². The highest BCUT2D eigenvalue weighted by atomic mass is 32.1. The summed E-state index contributed by atoms with van der Waals surface area (Å²) in [5.41, 5.74) is 3.93. The maximum Gasteiger partial charge on any atom is 0.272 e. The smallest absolute Gasteiger partial charge is 0.272 e. The summed E-state index contributed by atoms with van der Waals surface area (Å²) < 4.78 is 5.37. The van der Waals surface area contributed by atoms with Gasteiger partial charge < -0.3 is 9.42 Å². The first-order chi connectivity index (χ1) is 12.7. The molecule has 1 amide bonds. The summed E-state index contributed by atoms with van der Waals surface area (Å²) in [6.07, 6.45) is 0. The van der Waals surface area contributed by atoms with Crippen molar-refractivity contribution in [2.75, 3.05) is 7.05 Å². The van der Waals surface area contributed by atoms with Gasteiger partial charge in [0.05, 0.1) is 12.2 Å². The Bertz CT molecular complexity index is 1010. The van der Waals surface area contributed by atoms with Crippen molar-refractivity contribution in [3.63, 3.8) is 0 Å². The summed E-state index contributed by atoms with van der Waals surface area (Å²) in [7, 11) is 1.72. The van der Waals surface area contributed by atoms with E-state index in [0.29, 0.717) is 18.0 Å². The molecule has 3 heterocycles. The molecular formula is C19H16N4O2S. The van der Waals surface area contributed by atoms with Crippen molar-refractivity contribution in [1.29, 1.82) is 0 Å². The van der Waals surface area contributed by atoms with E-state index in [-0.39, 0.29) is 5.91 Å². The van der Waals surface area contributed by atoms with Gasteiger partial charge in [-0.1, -0.05) is 35.5 Å². The third-order valence-corrected chi connectivity index (χ3v) is 4.68. The molecule has 0 atom stereocenters. The zero-order chi connectivity index (χ0) is 17.9. The number of nitrogens with one attached hydrogen (secondary N) is 1. The van der Waals surface area contributed by atoms with Crippen LogP contribution in [0, 0.1) is 0 Å². The second kappa shape index (κ2) is 6.97. The van der Waals surface area contributed by atoms with E-state index in [1.54, 1.807) is 29.4 Å². The zero-order valence-corrected chi connectivity index (χ0v) is 14.9. The van der Waals surface area contributed by atoms with Gasteiger partial charge in [0.1, 0.15) is 11.4 Å². The Labute approximate surface area is 154 Å². The van der Waals surface area contributed by atoms with Gasteiger partial charge in [-0.05, 0) is 17.5 Å². The Morgan fingerprint density at radius 3 is 2.77 bits per heavy atom. The third-order valence-electron chi connectivity index (χ3n) is 3.99. The largest absolute Gasteiger partial charge is 0.359 e. The Morgan fingerprint density at radius 2 is 2.00 bits per heavy atom. The van der Waals surface area contributed by atoms with Crippen molar-refractivity contribution >= 4 is 17.2 Å². The normalized spacial score (nSPS) is 10.8. The fourth-order valence-electron chi connectivity index (χ4n) is 2.63. The van der Waals surface area contributed by atoms with Gasteiger partial charge in [-0.25, -0.2) is 0 Å². The van der Waals surface area contributed by atoms with E-state index in [1.807, 2.05) is 53.2 Å². The van der Waals surface area contributed by atoms with Gasteiger partial charge in [0.25, 0.3) is 5.91 Å². The molecule has 0 aliphatic heterocycles. The first kappa shape index (κ1) is 16.3. The summed E-state index contributed by atoms with van der Waals surface area (Å²) in [5, 5.41) is 15.1. The van der Waals surface area contributed by atoms with Crippen LogP contribution in [0.15, 0.2) is 63.8 Å². The molecule has 0 saturated heterocycles. The average molecular weight is 364 g/mol. The maximum absolute atomic E-state index is 12.6. The van der Waals surface area contributed by atoms with E-state index in [1.165, 1.54) is 0 Å². The Kier molecular flexibility index (Phi) is 4.37. The molecule has 26 heavy (non-hydrogen) atoms. The molecule has 0 fully saturated rings. The lowest BCUT2D eigenvalue weighted by Crippen LogP contribution is -2.26. The summed E-state index contributed by atoms with van der Waals surface area (Å²) in [5.74, 6) is 0.467. The molecule has 0 saturated carbocycles. The summed E-state index contributed by atoms with van der Waals surface area (Å²) >= 11 is 1.59. The number of nitrogens with zero attached hydrogens (tertiary/aromatic N) is 3. The van der Waals surface area contributed by atoms with Gasteiger partial charge in [-0.3, -0.25) is 9.89 Å². The number of aromatic nitrogens is 3. The van der Waals surface area contributed by atoms with Crippen LogP contribution in [0.2, 0.25) is 0 Å². The van der Waals surface area contributed by atoms with Crippen molar-refractivity contribution in [3.8, 4) is 22.5 Å². The summed E-state index contributed by atoms with van der Waals surface area (Å²) in [6, 6.07) is 15.4. The molecule has 4 rings (SSSR count). The van der Waals surface area contributed by atoms with E-state index in [0.717, 1.165) is 22.5 Å². The zero-order valence-electron chi connectivity index (χ0n) is 14.0. The number of benzene rings is 1. The van der Waals surface area contributed by atoms with Crippen LogP contribution in [0.1, 0.15) is 16.2 Å². The van der Waals surface area contributed by atoms with Crippen LogP contribution in [0.25, 0.3) is 22.5 Å². The molecule has 1 aromatic carbocycles. The fourth-order valence-corrected chi connectivity index (χ4v) is 3.28. The highest BCUT2D eigenvalue weighted by Gasteiger charge is 2.18. The van der Waals surface area contributed by atoms with E-state index in [2.05, 4.69) is 15.4 Å². The Hall–Kier alpha value is -3.19. The number of rotatable bonds is 5. The summed E-state index contributed by atoms with van der Waals surface area (Å²) in [4.78, 5) is 14.2. The van der Waals surface area contributed by atoms with E-state index >= 15 is 0 Å². The fraction of sp³-hybridized carbons (Fsp3) is 0.105. The highest BCUT2D eigenvalue weighted by Crippen LogP contribution is 2.22. The molecule has 0 spiro atoms. The van der Waals surface area contributed by atoms with Crippen LogP contribution in [-0.2, 0) is 6.54 Å². The van der Waals surface area contributed by atoms with E-state index < -0.39 is 0 Å². The van der Waals surface area contributed by atoms with Crippen LogP contribution in [0.3, 0.4) is 0 Å². The standard InChI is InChI=1S/C19H16N4O2S/c1-23(11-15-9-17(22-25-15)13-5-3-2-4-6-13)19(24)18-10-16(20-21-18)14-7-8-26-12-14/h2-10,12H,11H2,1H3,(H,20,21). The number of H-pyrrole nitrogens is 1. The lowest BCUT2D eigenvalue weighted by molar-refractivity contribution is 0.0766. The molecular weight excluding hydrogens is 348 g/mol. The molecule has 0 radical (unpaired) electrons. The number of carbonyl (C=O) groups is 1. The van der Waals surface area contributed by atoms with Crippen LogP contribution < -0.4 is 0 Å². The molecule has 0 unspecified atom stereocenters. The third kappa shape index (κ3) is 3.29. The monoisotopic (exact) mass is 364 g/mol. The average Bonchev–Trinajstić information content (AvgIpc) is 3.42. The van der Waals surface area contributed by atoms with Gasteiger partial charge in [0.2, 0.25) is 0 Å². The molecule has 3 aromatic heterocycles. The number of amides is 1. The predicted molar refractivity (Wildman–Crippen MR) is 99.6 cm³/mol. The molecule has 0 aliphatic rings. The Morgan fingerprint density at radius 1 is 1.15 bits per heavy atom. The summed E-state index contributed by atoms with van der Waals surface area (Å²) in [6.45, 7) is 0.325. The second-order valence-corrected chi connectivity index (χ2v) is 6.66. The lowest BCUT2D eigenvalue weighted by Gasteiger charge is -2.13. The first-order valence-electron chi connectivity index (χ1n) is 8.05. The van der Waals surface area contributed by atoms with Crippen molar-refractivity contribution in [2.24, 2.45) is 0 Å². The highest BCUT2D eigenvalue weighted by molar-refractivity contribution is 7.08. The first-order valence-corrected chi connectivity index (χ1v) is 8.99. The van der Waals surface area contributed by atoms with Crippen LogP contribution >= 0.6 is 11.3 Å². The minimum absolute atomic E-state index is 0.156. The number of hydrogen-bond acceptors (Lipinski definition) is 5. The predicted octanol–water partition coefficient (Wildman–Crippen LogP) is 4.07. The number of aromatic amines is 1. The van der Waals surface area contributed by atoms with Gasteiger partial charge in [0, 0.05) is 29.6 Å². The van der Waals surface area contributed by atoms with Crippen LogP contribution in [0.5, 0.6) is 0 Å². The van der Waals surface area contributed by atoms with Crippen molar-refractivity contribution in [3.05, 3.63) is 70.7 Å². The molecule has 130 valence electrons. The topological polar surface area (TPSA) is 75.0 Å². The van der Waals surface area contributed by atoms with E-state index in [4.69, 9.17) is 4.52 Å². The number of carbonyl (C=O) groups excluding carboxylic acids is 1. The molecule has 0 aliphatic carbocycles. The minimum Gasteiger partial charge on any atom is -0.359 e. The molecule has 4 aromatic rings.